The van der Waals surface area contributed by atoms with Crippen molar-refractivity contribution in [3.8, 4) is 0 Å². The number of rotatable bonds is 6. The van der Waals surface area contributed by atoms with Gasteiger partial charge in [-0.15, -0.1) is 0 Å². The highest BCUT2D eigenvalue weighted by Gasteiger charge is 2.19. The molecule has 0 fully saturated rings. The molecule has 1 heterocycles. The molecule has 3 rings (SSSR count). The molecule has 6 heteroatoms. The number of para-hydroxylation sites is 1. The van der Waals surface area contributed by atoms with Gasteiger partial charge in [-0.25, -0.2) is 4.98 Å². The molecule has 28 heavy (non-hydrogen) atoms. The number of carbonyl (C=O) groups excluding carboxylic acids is 2. The molecule has 0 aliphatic rings. The number of aromatic nitrogens is 1. The lowest BCUT2D eigenvalue weighted by Crippen LogP contribution is -2.32. The SMILES string of the molecule is CCN(C(=O)c1cccc(C(=O)NCc2ccccc2Cl)n1)c1ccccc1. The first-order chi connectivity index (χ1) is 13.6. The second-order valence-corrected chi connectivity index (χ2v) is 6.47. The van der Waals surface area contributed by atoms with Crippen LogP contribution >= 0.6 is 11.6 Å². The normalized spacial score (nSPS) is 10.4. The van der Waals surface area contributed by atoms with Crippen molar-refractivity contribution in [2.24, 2.45) is 0 Å². The van der Waals surface area contributed by atoms with Gasteiger partial charge in [-0.1, -0.05) is 54.1 Å². The fourth-order valence-corrected chi connectivity index (χ4v) is 2.98. The summed E-state index contributed by atoms with van der Waals surface area (Å²) in [4.78, 5) is 31.2. The van der Waals surface area contributed by atoms with Gasteiger partial charge in [-0.3, -0.25) is 9.59 Å². The minimum atomic E-state index is -0.364. The molecule has 0 saturated carbocycles. The summed E-state index contributed by atoms with van der Waals surface area (Å²) in [6.45, 7) is 2.67. The van der Waals surface area contributed by atoms with E-state index in [1.54, 1.807) is 29.2 Å². The molecule has 0 bridgehead atoms. The predicted molar refractivity (Wildman–Crippen MR) is 111 cm³/mol. The van der Waals surface area contributed by atoms with Crippen LogP contribution in [0.3, 0.4) is 0 Å². The van der Waals surface area contributed by atoms with Gasteiger partial charge in [0, 0.05) is 23.8 Å². The third-order valence-corrected chi connectivity index (χ3v) is 4.60. The quantitative estimate of drug-likeness (QED) is 0.677. The lowest BCUT2D eigenvalue weighted by molar-refractivity contribution is 0.0945. The standard InChI is InChI=1S/C22H20ClN3O2/c1-2-26(17-10-4-3-5-11-17)22(28)20-14-8-13-19(25-20)21(27)24-15-16-9-6-7-12-18(16)23/h3-14H,2,15H2,1H3,(H,24,27). The van der Waals surface area contributed by atoms with Crippen LogP contribution in [0.4, 0.5) is 5.69 Å². The van der Waals surface area contributed by atoms with Gasteiger partial charge in [0.1, 0.15) is 11.4 Å². The monoisotopic (exact) mass is 393 g/mol. The van der Waals surface area contributed by atoms with Gasteiger partial charge in [0.05, 0.1) is 0 Å². The molecule has 0 saturated heterocycles. The molecule has 3 aromatic rings. The van der Waals surface area contributed by atoms with E-state index in [9.17, 15) is 9.59 Å². The van der Waals surface area contributed by atoms with E-state index in [0.29, 0.717) is 11.6 Å². The molecule has 0 radical (unpaired) electrons. The Kier molecular flexibility index (Phi) is 6.40. The molecule has 2 aromatic carbocycles. The van der Waals surface area contributed by atoms with Gasteiger partial charge >= 0.3 is 0 Å². The molecule has 2 amide bonds. The van der Waals surface area contributed by atoms with Gasteiger partial charge in [0.25, 0.3) is 11.8 Å². The van der Waals surface area contributed by atoms with E-state index in [4.69, 9.17) is 11.6 Å². The van der Waals surface area contributed by atoms with Crippen molar-refractivity contribution in [3.05, 3.63) is 94.8 Å². The van der Waals surface area contributed by atoms with Gasteiger partial charge in [0.2, 0.25) is 0 Å². The highest BCUT2D eigenvalue weighted by Crippen LogP contribution is 2.17. The van der Waals surface area contributed by atoms with Crippen molar-refractivity contribution in [2.75, 3.05) is 11.4 Å². The molecule has 0 unspecified atom stereocenters. The van der Waals surface area contributed by atoms with E-state index in [0.717, 1.165) is 11.3 Å². The first kappa shape index (κ1) is 19.6. The van der Waals surface area contributed by atoms with Crippen LogP contribution in [0, 0.1) is 0 Å². The number of halogens is 1. The topological polar surface area (TPSA) is 62.3 Å². The van der Waals surface area contributed by atoms with Crippen LogP contribution in [0.25, 0.3) is 0 Å². The molecule has 5 nitrogen and oxygen atoms in total. The fourth-order valence-electron chi connectivity index (χ4n) is 2.78. The number of hydrogen-bond donors (Lipinski definition) is 1. The van der Waals surface area contributed by atoms with Crippen LogP contribution in [0.2, 0.25) is 5.02 Å². The number of anilines is 1. The maximum Gasteiger partial charge on any atom is 0.276 e. The van der Waals surface area contributed by atoms with Crippen LogP contribution in [-0.2, 0) is 6.54 Å². The van der Waals surface area contributed by atoms with E-state index in [2.05, 4.69) is 10.3 Å². The number of carbonyl (C=O) groups is 2. The molecule has 0 aliphatic heterocycles. The van der Waals surface area contributed by atoms with Gasteiger partial charge in [-0.2, -0.15) is 0 Å². The van der Waals surface area contributed by atoms with E-state index in [1.165, 1.54) is 0 Å². The molecule has 0 aliphatic carbocycles. The van der Waals surface area contributed by atoms with E-state index in [-0.39, 0.29) is 29.7 Å². The second kappa shape index (κ2) is 9.15. The predicted octanol–water partition coefficient (Wildman–Crippen LogP) is 4.33. The Bertz CT molecular complexity index is 976. The number of benzene rings is 2. The summed E-state index contributed by atoms with van der Waals surface area (Å²) < 4.78 is 0. The van der Waals surface area contributed by atoms with Crippen LogP contribution in [0.5, 0.6) is 0 Å². The van der Waals surface area contributed by atoms with Gasteiger partial charge < -0.3 is 10.2 Å². The zero-order valence-corrected chi connectivity index (χ0v) is 16.2. The van der Waals surface area contributed by atoms with Crippen LogP contribution in [0.1, 0.15) is 33.5 Å². The summed E-state index contributed by atoms with van der Waals surface area (Å²) in [5, 5.41) is 3.37. The van der Waals surface area contributed by atoms with Crippen molar-refractivity contribution < 1.29 is 9.59 Å². The Labute approximate surface area is 169 Å². The number of nitrogens with zero attached hydrogens (tertiary/aromatic N) is 2. The summed E-state index contributed by atoms with van der Waals surface area (Å²) in [6, 6.07) is 21.5. The minimum absolute atomic E-state index is 0.182. The summed E-state index contributed by atoms with van der Waals surface area (Å²) in [5.41, 5.74) is 1.99. The minimum Gasteiger partial charge on any atom is -0.347 e. The highest BCUT2D eigenvalue weighted by molar-refractivity contribution is 6.31. The molecule has 1 aromatic heterocycles. The van der Waals surface area contributed by atoms with E-state index in [1.807, 2.05) is 55.5 Å². The molecule has 0 spiro atoms. The average molecular weight is 394 g/mol. The fraction of sp³-hybridized carbons (Fsp3) is 0.136. The van der Waals surface area contributed by atoms with Crippen molar-refractivity contribution in [1.82, 2.24) is 10.3 Å². The van der Waals surface area contributed by atoms with Crippen LogP contribution < -0.4 is 10.2 Å². The zero-order valence-electron chi connectivity index (χ0n) is 15.4. The second-order valence-electron chi connectivity index (χ2n) is 6.07. The van der Waals surface area contributed by atoms with Crippen LogP contribution in [-0.4, -0.2) is 23.3 Å². The summed E-state index contributed by atoms with van der Waals surface area (Å²) in [5.74, 6) is -0.619. The van der Waals surface area contributed by atoms with E-state index < -0.39 is 0 Å². The summed E-state index contributed by atoms with van der Waals surface area (Å²) in [7, 11) is 0. The lowest BCUT2D eigenvalue weighted by atomic mass is 10.2. The molecule has 142 valence electrons. The number of pyridine rings is 1. The molecular weight excluding hydrogens is 374 g/mol. The smallest absolute Gasteiger partial charge is 0.276 e. The third kappa shape index (κ3) is 4.56. The molecule has 1 N–H and O–H groups in total. The lowest BCUT2D eigenvalue weighted by Gasteiger charge is -2.20. The highest BCUT2D eigenvalue weighted by atomic mass is 35.5. The van der Waals surface area contributed by atoms with Gasteiger partial charge in [-0.05, 0) is 42.8 Å². The first-order valence-electron chi connectivity index (χ1n) is 8.95. The number of amides is 2. The molecular formula is C22H20ClN3O2. The Balaban J connectivity index is 1.75. The Morgan fingerprint density at radius 3 is 2.32 bits per heavy atom. The Morgan fingerprint density at radius 1 is 0.929 bits per heavy atom. The zero-order chi connectivity index (χ0) is 19.9. The average Bonchev–Trinajstić information content (AvgIpc) is 2.74. The van der Waals surface area contributed by atoms with Crippen molar-refractivity contribution in [3.63, 3.8) is 0 Å². The number of hydrogen-bond acceptors (Lipinski definition) is 3. The third-order valence-electron chi connectivity index (χ3n) is 4.23. The van der Waals surface area contributed by atoms with Crippen molar-refractivity contribution in [2.45, 2.75) is 13.5 Å². The maximum atomic E-state index is 12.9. The van der Waals surface area contributed by atoms with Gasteiger partial charge in [0.15, 0.2) is 0 Å². The van der Waals surface area contributed by atoms with Crippen molar-refractivity contribution in [1.29, 1.82) is 0 Å². The number of nitrogens with one attached hydrogen (secondary N) is 1. The largest absolute Gasteiger partial charge is 0.347 e. The van der Waals surface area contributed by atoms with E-state index >= 15 is 0 Å². The summed E-state index contributed by atoms with van der Waals surface area (Å²) >= 11 is 6.11. The van der Waals surface area contributed by atoms with Crippen LogP contribution in [0.15, 0.2) is 72.8 Å². The Morgan fingerprint density at radius 2 is 1.61 bits per heavy atom. The Hall–Kier alpha value is -3.18. The first-order valence-corrected chi connectivity index (χ1v) is 9.33. The summed E-state index contributed by atoms with van der Waals surface area (Å²) in [6.07, 6.45) is 0. The maximum absolute atomic E-state index is 12.9. The van der Waals surface area contributed by atoms with Crippen molar-refractivity contribution >= 4 is 29.1 Å². The molecule has 0 atom stereocenters.